The normalized spacial score (nSPS) is 9.83. The number of carbonyl (C=O) groups is 1. The van der Waals surface area contributed by atoms with Crippen molar-refractivity contribution in [1.29, 1.82) is 0 Å². The molecule has 5 heteroatoms. The summed E-state index contributed by atoms with van der Waals surface area (Å²) in [5.74, 6) is -0.0980. The molecule has 0 bridgehead atoms. The van der Waals surface area contributed by atoms with Crippen LogP contribution in [0.15, 0.2) is 12.3 Å². The van der Waals surface area contributed by atoms with E-state index in [0.717, 1.165) is 5.82 Å². The van der Waals surface area contributed by atoms with Crippen LogP contribution in [0.1, 0.15) is 0 Å². The Morgan fingerprint density at radius 3 is 2.92 bits per heavy atom. The van der Waals surface area contributed by atoms with Crippen LogP contribution in [-0.2, 0) is 11.3 Å². The van der Waals surface area contributed by atoms with Gasteiger partial charge in [-0.2, -0.15) is 5.10 Å². The highest BCUT2D eigenvalue weighted by Crippen LogP contribution is 2.08. The summed E-state index contributed by atoms with van der Waals surface area (Å²) in [4.78, 5) is 12.2. The number of carboxylic acids is 1. The smallest absolute Gasteiger partial charge is 0.325 e. The monoisotopic (exact) mass is 169 g/mol. The van der Waals surface area contributed by atoms with Crippen LogP contribution >= 0.6 is 0 Å². The minimum absolute atomic E-state index is 0.0967. The van der Waals surface area contributed by atoms with Crippen LogP contribution < -0.4 is 4.90 Å². The maximum atomic E-state index is 10.4. The Bertz CT molecular complexity index is 280. The average molecular weight is 169 g/mol. The summed E-state index contributed by atoms with van der Waals surface area (Å²) in [6, 6.07) is 1.77. The largest absolute Gasteiger partial charge is 0.480 e. The minimum atomic E-state index is -0.887. The molecule has 0 aromatic carbocycles. The van der Waals surface area contributed by atoms with Crippen LogP contribution in [0.5, 0.6) is 0 Å². The summed E-state index contributed by atoms with van der Waals surface area (Å²) in [7, 11) is 3.69. The first-order valence-electron chi connectivity index (χ1n) is 3.52. The summed E-state index contributed by atoms with van der Waals surface area (Å²) in [6.07, 6.45) is 1.58. The molecule has 0 unspecified atom stereocenters. The van der Waals surface area contributed by atoms with E-state index in [2.05, 4.69) is 5.10 Å². The van der Waals surface area contributed by atoms with Crippen LogP contribution in [0.3, 0.4) is 0 Å². The molecule has 0 aliphatic rings. The first kappa shape index (κ1) is 8.58. The van der Waals surface area contributed by atoms with Crippen molar-refractivity contribution in [2.24, 2.45) is 0 Å². The minimum Gasteiger partial charge on any atom is -0.480 e. The zero-order chi connectivity index (χ0) is 9.14. The third kappa shape index (κ3) is 1.75. The van der Waals surface area contributed by atoms with E-state index in [1.54, 1.807) is 12.3 Å². The molecule has 0 saturated heterocycles. The Morgan fingerprint density at radius 1 is 1.75 bits per heavy atom. The molecule has 1 heterocycles. The van der Waals surface area contributed by atoms with Gasteiger partial charge in [-0.15, -0.1) is 0 Å². The number of carboxylic acid groups (broad SMARTS) is 1. The van der Waals surface area contributed by atoms with Crippen LogP contribution in [0.25, 0.3) is 0 Å². The molecular formula is C7H11N3O2. The van der Waals surface area contributed by atoms with Gasteiger partial charge in [-0.3, -0.25) is 4.79 Å². The van der Waals surface area contributed by atoms with Gasteiger partial charge in [-0.1, -0.05) is 0 Å². The summed E-state index contributed by atoms with van der Waals surface area (Å²) < 4.78 is 1.43. The zero-order valence-electron chi connectivity index (χ0n) is 7.06. The molecule has 0 atom stereocenters. The van der Waals surface area contributed by atoms with Gasteiger partial charge < -0.3 is 10.0 Å². The highest BCUT2D eigenvalue weighted by Gasteiger charge is 2.06. The lowest BCUT2D eigenvalue weighted by atomic mass is 10.5. The fourth-order valence-corrected chi connectivity index (χ4v) is 0.956. The summed E-state index contributed by atoms with van der Waals surface area (Å²) in [6.45, 7) is -0.0967. The van der Waals surface area contributed by atoms with Crippen molar-refractivity contribution in [2.75, 3.05) is 19.0 Å². The summed E-state index contributed by atoms with van der Waals surface area (Å²) in [5, 5.41) is 12.4. The number of hydrogen-bond donors (Lipinski definition) is 1. The second-order valence-corrected chi connectivity index (χ2v) is 2.64. The van der Waals surface area contributed by atoms with Crippen LogP contribution in [0.2, 0.25) is 0 Å². The van der Waals surface area contributed by atoms with Crippen molar-refractivity contribution in [3.05, 3.63) is 12.3 Å². The Kier molecular flexibility index (Phi) is 2.32. The number of anilines is 1. The average Bonchev–Trinajstić information content (AvgIpc) is 2.33. The molecule has 1 rings (SSSR count). The SMILES string of the molecule is CN(C)c1ccnn1CC(=O)O. The third-order valence-corrected chi connectivity index (χ3v) is 1.44. The molecular weight excluding hydrogens is 158 g/mol. The van der Waals surface area contributed by atoms with Crippen molar-refractivity contribution < 1.29 is 9.90 Å². The van der Waals surface area contributed by atoms with E-state index in [-0.39, 0.29) is 6.54 Å². The molecule has 0 aliphatic heterocycles. The number of aromatic nitrogens is 2. The third-order valence-electron chi connectivity index (χ3n) is 1.44. The van der Waals surface area contributed by atoms with Gasteiger partial charge >= 0.3 is 5.97 Å². The topological polar surface area (TPSA) is 58.4 Å². The van der Waals surface area contributed by atoms with E-state index in [1.165, 1.54) is 4.68 Å². The van der Waals surface area contributed by atoms with Gasteiger partial charge in [0, 0.05) is 20.2 Å². The fraction of sp³-hybridized carbons (Fsp3) is 0.429. The highest BCUT2D eigenvalue weighted by molar-refractivity contribution is 5.67. The Balaban J connectivity index is 2.84. The molecule has 66 valence electrons. The van der Waals surface area contributed by atoms with Crippen LogP contribution in [0, 0.1) is 0 Å². The van der Waals surface area contributed by atoms with Gasteiger partial charge in [0.1, 0.15) is 12.4 Å². The quantitative estimate of drug-likeness (QED) is 0.693. The lowest BCUT2D eigenvalue weighted by Gasteiger charge is -2.12. The lowest BCUT2D eigenvalue weighted by Crippen LogP contribution is -2.18. The lowest BCUT2D eigenvalue weighted by molar-refractivity contribution is -0.137. The molecule has 1 N–H and O–H groups in total. The second-order valence-electron chi connectivity index (χ2n) is 2.64. The van der Waals surface area contributed by atoms with Gasteiger partial charge in [-0.25, -0.2) is 4.68 Å². The molecule has 1 aromatic heterocycles. The van der Waals surface area contributed by atoms with Crippen molar-refractivity contribution in [2.45, 2.75) is 6.54 Å². The highest BCUT2D eigenvalue weighted by atomic mass is 16.4. The second kappa shape index (κ2) is 3.25. The van der Waals surface area contributed by atoms with Crippen molar-refractivity contribution in [3.63, 3.8) is 0 Å². The predicted molar refractivity (Wildman–Crippen MR) is 44.2 cm³/mol. The number of rotatable bonds is 3. The maximum absolute atomic E-state index is 10.4. The first-order chi connectivity index (χ1) is 5.61. The maximum Gasteiger partial charge on any atom is 0.325 e. The Hall–Kier alpha value is -1.52. The van der Waals surface area contributed by atoms with E-state index < -0.39 is 5.97 Å². The number of hydrogen-bond acceptors (Lipinski definition) is 3. The zero-order valence-corrected chi connectivity index (χ0v) is 7.06. The summed E-state index contributed by atoms with van der Waals surface area (Å²) >= 11 is 0. The molecule has 0 amide bonds. The molecule has 0 spiro atoms. The van der Waals surface area contributed by atoms with E-state index in [0.29, 0.717) is 0 Å². The molecule has 0 saturated carbocycles. The molecule has 1 aromatic rings. The number of aliphatic carboxylic acids is 1. The molecule has 0 fully saturated rings. The number of nitrogens with zero attached hydrogens (tertiary/aromatic N) is 3. The van der Waals surface area contributed by atoms with Gasteiger partial charge in [0.05, 0.1) is 6.20 Å². The van der Waals surface area contributed by atoms with E-state index in [9.17, 15) is 4.79 Å². The van der Waals surface area contributed by atoms with Crippen LogP contribution in [-0.4, -0.2) is 35.0 Å². The predicted octanol–water partition coefficient (Wildman–Crippen LogP) is 0.0337. The molecule has 5 nitrogen and oxygen atoms in total. The summed E-state index contributed by atoms with van der Waals surface area (Å²) in [5.41, 5.74) is 0. The van der Waals surface area contributed by atoms with E-state index in [4.69, 9.17) is 5.11 Å². The molecule has 12 heavy (non-hydrogen) atoms. The van der Waals surface area contributed by atoms with E-state index in [1.807, 2.05) is 19.0 Å². The standard InChI is InChI=1S/C7H11N3O2/c1-9(2)6-3-4-8-10(6)5-7(11)12/h3-4H,5H2,1-2H3,(H,11,12). The Labute approximate surface area is 70.2 Å². The van der Waals surface area contributed by atoms with Crippen LogP contribution in [0.4, 0.5) is 5.82 Å². The Morgan fingerprint density at radius 2 is 2.42 bits per heavy atom. The van der Waals surface area contributed by atoms with Gasteiger partial charge in [0.2, 0.25) is 0 Å². The molecule has 0 radical (unpaired) electrons. The first-order valence-corrected chi connectivity index (χ1v) is 3.52. The van der Waals surface area contributed by atoms with Crippen molar-refractivity contribution in [1.82, 2.24) is 9.78 Å². The van der Waals surface area contributed by atoms with Gasteiger partial charge in [0.15, 0.2) is 0 Å². The van der Waals surface area contributed by atoms with Gasteiger partial charge in [-0.05, 0) is 0 Å². The van der Waals surface area contributed by atoms with Crippen molar-refractivity contribution in [3.8, 4) is 0 Å². The van der Waals surface area contributed by atoms with Crippen molar-refractivity contribution >= 4 is 11.8 Å². The van der Waals surface area contributed by atoms with E-state index >= 15 is 0 Å². The van der Waals surface area contributed by atoms with Gasteiger partial charge in [0.25, 0.3) is 0 Å². The fourth-order valence-electron chi connectivity index (χ4n) is 0.956. The molecule has 0 aliphatic carbocycles.